The van der Waals surface area contributed by atoms with Gasteiger partial charge in [0.05, 0.1) is 17.6 Å². The fourth-order valence-corrected chi connectivity index (χ4v) is 2.73. The maximum atomic E-state index is 12.5. The Labute approximate surface area is 126 Å². The minimum Gasteiger partial charge on any atom is -0.300 e. The highest BCUT2D eigenvalue weighted by atomic mass is 16.1. The second kappa shape index (κ2) is 4.80. The molecule has 0 atom stereocenters. The fourth-order valence-electron chi connectivity index (χ4n) is 2.73. The molecule has 0 aliphatic heterocycles. The van der Waals surface area contributed by atoms with Crippen LogP contribution in [0, 0.1) is 6.92 Å². The summed E-state index contributed by atoms with van der Waals surface area (Å²) in [4.78, 5) is 17.0. The van der Waals surface area contributed by atoms with Crippen LogP contribution in [0.4, 0.5) is 0 Å². The molecule has 0 unspecified atom stereocenters. The molecule has 5 heteroatoms. The third kappa shape index (κ3) is 1.90. The van der Waals surface area contributed by atoms with Gasteiger partial charge in [-0.05, 0) is 19.1 Å². The van der Waals surface area contributed by atoms with E-state index >= 15 is 0 Å². The highest BCUT2D eigenvalue weighted by Gasteiger charge is 2.16. The van der Waals surface area contributed by atoms with Gasteiger partial charge in [-0.1, -0.05) is 42.5 Å². The van der Waals surface area contributed by atoms with Crippen LogP contribution in [0.3, 0.4) is 0 Å². The summed E-state index contributed by atoms with van der Waals surface area (Å²) in [5.41, 5.74) is 2.62. The molecule has 2 aromatic heterocycles. The van der Waals surface area contributed by atoms with E-state index in [0.29, 0.717) is 17.2 Å². The van der Waals surface area contributed by atoms with Crippen LogP contribution in [0.2, 0.25) is 0 Å². The van der Waals surface area contributed by atoms with Crippen LogP contribution < -0.4 is 0 Å². The first-order valence-electron chi connectivity index (χ1n) is 7.13. The van der Waals surface area contributed by atoms with Crippen LogP contribution in [-0.2, 0) is 6.54 Å². The monoisotopic (exact) mass is 290 g/mol. The Morgan fingerprint density at radius 1 is 1.00 bits per heavy atom. The summed E-state index contributed by atoms with van der Waals surface area (Å²) in [7, 11) is 0. The van der Waals surface area contributed by atoms with Crippen molar-refractivity contribution < 1.29 is 4.79 Å². The summed E-state index contributed by atoms with van der Waals surface area (Å²) in [6.07, 6.45) is 0. The molecule has 0 aliphatic rings. The summed E-state index contributed by atoms with van der Waals surface area (Å²) in [5, 5.41) is 4.42. The van der Waals surface area contributed by atoms with Crippen molar-refractivity contribution in [3.8, 4) is 0 Å². The molecule has 0 fully saturated rings. The molecule has 22 heavy (non-hydrogen) atoms. The number of carbonyl (C=O) groups excluding carboxylic acids is 1. The normalized spacial score (nSPS) is 11.3. The summed E-state index contributed by atoms with van der Waals surface area (Å²) in [6.45, 7) is 2.10. The lowest BCUT2D eigenvalue weighted by Gasteiger charge is -2.04. The van der Waals surface area contributed by atoms with Crippen molar-refractivity contribution in [2.45, 2.75) is 13.5 Å². The first kappa shape index (κ1) is 12.8. The van der Waals surface area contributed by atoms with Crippen LogP contribution in [0.1, 0.15) is 16.2 Å². The van der Waals surface area contributed by atoms with Gasteiger partial charge >= 0.3 is 0 Å². The van der Waals surface area contributed by atoms with Crippen molar-refractivity contribution in [2.75, 3.05) is 0 Å². The molecule has 4 aromatic rings. The number of Topliss-reactive ketones (excluding diaryl/α,β-unsaturated/α-hetero) is 1. The molecular formula is C17H14N4O. The van der Waals surface area contributed by atoms with Crippen LogP contribution in [-0.4, -0.2) is 24.9 Å². The average molecular weight is 290 g/mol. The Kier molecular flexibility index (Phi) is 2.79. The number of carbonyl (C=O) groups is 1. The molecule has 0 aliphatic carbocycles. The van der Waals surface area contributed by atoms with Gasteiger partial charge in [-0.15, -0.1) is 5.10 Å². The molecule has 0 spiro atoms. The zero-order chi connectivity index (χ0) is 15.1. The molecular weight excluding hydrogens is 276 g/mol. The number of aryl methyl sites for hydroxylation is 1. The molecule has 0 radical (unpaired) electrons. The minimum absolute atomic E-state index is 0.0597. The molecule has 2 heterocycles. The quantitative estimate of drug-likeness (QED) is 0.545. The Bertz CT molecular complexity index is 982. The predicted molar refractivity (Wildman–Crippen MR) is 84.0 cm³/mol. The standard InChI is InChI=1S/C17H14N4O/c1-12-18-17-20(11-16(22)13-7-3-2-4-8-13)14-9-5-6-10-15(14)21(17)19-12/h2-10H,11H2,1H3. The van der Waals surface area contributed by atoms with Gasteiger partial charge in [0, 0.05) is 5.56 Å². The number of nitrogens with zero attached hydrogens (tertiary/aromatic N) is 4. The summed E-state index contributed by atoms with van der Waals surface area (Å²) < 4.78 is 3.72. The van der Waals surface area contributed by atoms with Gasteiger partial charge in [-0.3, -0.25) is 4.79 Å². The van der Waals surface area contributed by atoms with E-state index in [4.69, 9.17) is 0 Å². The minimum atomic E-state index is 0.0597. The highest BCUT2D eigenvalue weighted by molar-refractivity contribution is 5.97. The number of benzene rings is 2. The number of ketones is 1. The van der Waals surface area contributed by atoms with Crippen molar-refractivity contribution >= 4 is 22.6 Å². The molecule has 0 N–H and O–H groups in total. The SMILES string of the molecule is Cc1nc2n(CC(=O)c3ccccc3)c3ccccc3n2n1. The van der Waals surface area contributed by atoms with E-state index in [1.54, 1.807) is 4.52 Å². The summed E-state index contributed by atoms with van der Waals surface area (Å²) >= 11 is 0. The van der Waals surface area contributed by atoms with E-state index in [9.17, 15) is 4.79 Å². The summed E-state index contributed by atoms with van der Waals surface area (Å²) in [5.74, 6) is 1.45. The van der Waals surface area contributed by atoms with Crippen molar-refractivity contribution in [1.82, 2.24) is 19.2 Å². The second-order valence-corrected chi connectivity index (χ2v) is 5.23. The number of hydrogen-bond donors (Lipinski definition) is 0. The molecule has 0 saturated heterocycles. The van der Waals surface area contributed by atoms with Gasteiger partial charge < -0.3 is 4.57 Å². The van der Waals surface area contributed by atoms with Crippen molar-refractivity contribution in [3.05, 3.63) is 66.0 Å². The second-order valence-electron chi connectivity index (χ2n) is 5.23. The summed E-state index contributed by atoms with van der Waals surface area (Å²) in [6, 6.07) is 17.2. The van der Waals surface area contributed by atoms with Gasteiger partial charge in [-0.2, -0.15) is 9.50 Å². The van der Waals surface area contributed by atoms with Gasteiger partial charge in [0.15, 0.2) is 5.78 Å². The number of para-hydroxylation sites is 2. The molecule has 4 rings (SSSR count). The number of hydrogen-bond acceptors (Lipinski definition) is 3. The first-order chi connectivity index (χ1) is 10.7. The van der Waals surface area contributed by atoms with Gasteiger partial charge in [-0.25, -0.2) is 0 Å². The van der Waals surface area contributed by atoms with Crippen molar-refractivity contribution in [2.24, 2.45) is 0 Å². The smallest absolute Gasteiger partial charge is 0.234 e. The van der Waals surface area contributed by atoms with Gasteiger partial charge in [0.25, 0.3) is 0 Å². The van der Waals surface area contributed by atoms with E-state index in [-0.39, 0.29) is 12.3 Å². The third-order valence-corrected chi connectivity index (χ3v) is 3.74. The highest BCUT2D eigenvalue weighted by Crippen LogP contribution is 2.20. The first-order valence-corrected chi connectivity index (χ1v) is 7.13. The van der Waals surface area contributed by atoms with Crippen LogP contribution >= 0.6 is 0 Å². The predicted octanol–water partition coefficient (Wildman–Crippen LogP) is 2.88. The lowest BCUT2D eigenvalue weighted by atomic mass is 10.1. The van der Waals surface area contributed by atoms with E-state index < -0.39 is 0 Å². The largest absolute Gasteiger partial charge is 0.300 e. The zero-order valence-electron chi connectivity index (χ0n) is 12.1. The lowest BCUT2D eigenvalue weighted by Crippen LogP contribution is -2.10. The van der Waals surface area contributed by atoms with E-state index in [0.717, 1.165) is 11.0 Å². The van der Waals surface area contributed by atoms with Gasteiger partial charge in [0.2, 0.25) is 5.78 Å². The Hall–Kier alpha value is -2.95. The van der Waals surface area contributed by atoms with Crippen LogP contribution in [0.25, 0.3) is 16.8 Å². The number of aromatic nitrogens is 4. The number of fused-ring (bicyclic) bond motifs is 3. The molecule has 0 amide bonds. The molecule has 0 saturated carbocycles. The third-order valence-electron chi connectivity index (χ3n) is 3.74. The molecule has 5 nitrogen and oxygen atoms in total. The molecule has 108 valence electrons. The van der Waals surface area contributed by atoms with Crippen molar-refractivity contribution in [3.63, 3.8) is 0 Å². The van der Waals surface area contributed by atoms with Crippen LogP contribution in [0.15, 0.2) is 54.6 Å². The van der Waals surface area contributed by atoms with E-state index in [1.165, 1.54) is 0 Å². The fraction of sp³-hybridized carbons (Fsp3) is 0.118. The van der Waals surface area contributed by atoms with E-state index in [2.05, 4.69) is 10.1 Å². The number of imidazole rings is 1. The Morgan fingerprint density at radius 3 is 2.45 bits per heavy atom. The maximum absolute atomic E-state index is 12.5. The van der Waals surface area contributed by atoms with E-state index in [1.807, 2.05) is 66.1 Å². The Balaban J connectivity index is 1.87. The lowest BCUT2D eigenvalue weighted by molar-refractivity contribution is 0.0974. The molecule has 0 bridgehead atoms. The van der Waals surface area contributed by atoms with Crippen molar-refractivity contribution in [1.29, 1.82) is 0 Å². The topological polar surface area (TPSA) is 52.2 Å². The van der Waals surface area contributed by atoms with Crippen LogP contribution in [0.5, 0.6) is 0 Å². The average Bonchev–Trinajstić information content (AvgIpc) is 3.06. The zero-order valence-corrected chi connectivity index (χ0v) is 12.1. The molecule has 2 aromatic carbocycles. The maximum Gasteiger partial charge on any atom is 0.234 e. The van der Waals surface area contributed by atoms with Gasteiger partial charge in [0.1, 0.15) is 5.82 Å². The Morgan fingerprint density at radius 2 is 1.68 bits per heavy atom. The number of rotatable bonds is 3.